The molecule has 4 N–H and O–H groups in total. The van der Waals surface area contributed by atoms with Crippen LogP contribution in [-0.2, 0) is 14.4 Å². The molecule has 0 radical (unpaired) electrons. The molecule has 126 valence electrons. The number of likely N-dealkylation sites (tertiary alicyclic amines) is 1. The highest BCUT2D eigenvalue weighted by molar-refractivity contribution is 5.87. The summed E-state index contributed by atoms with van der Waals surface area (Å²) in [6.07, 6.45) is 3.71. The summed E-state index contributed by atoms with van der Waals surface area (Å²) in [4.78, 5) is 36.5. The van der Waals surface area contributed by atoms with Crippen molar-refractivity contribution in [3.63, 3.8) is 0 Å². The Morgan fingerprint density at radius 2 is 2.13 bits per heavy atom. The molecular formula is C15H23N5O3. The number of nitrogens with zero attached hydrogens (tertiary/aromatic N) is 2. The number of nitrogens with one attached hydrogen (secondary N) is 2. The second-order valence-corrected chi connectivity index (χ2v) is 5.87. The van der Waals surface area contributed by atoms with Crippen LogP contribution in [0.1, 0.15) is 44.2 Å². The molecule has 0 unspecified atom stereocenters. The van der Waals surface area contributed by atoms with Gasteiger partial charge in [-0.05, 0) is 25.3 Å². The van der Waals surface area contributed by atoms with Crippen LogP contribution in [0.4, 0.5) is 0 Å². The first-order valence-corrected chi connectivity index (χ1v) is 7.81. The molecule has 1 aromatic rings. The van der Waals surface area contributed by atoms with Gasteiger partial charge in [0.1, 0.15) is 6.04 Å². The monoisotopic (exact) mass is 321 g/mol. The minimum absolute atomic E-state index is 0.0707. The van der Waals surface area contributed by atoms with Gasteiger partial charge in [0.05, 0.1) is 0 Å². The molecule has 1 atom stereocenters. The molecule has 0 aliphatic carbocycles. The van der Waals surface area contributed by atoms with Crippen LogP contribution >= 0.6 is 0 Å². The Bertz CT molecular complexity index is 549. The van der Waals surface area contributed by atoms with Crippen molar-refractivity contribution in [1.29, 1.82) is 0 Å². The van der Waals surface area contributed by atoms with Crippen LogP contribution in [-0.4, -0.2) is 52.0 Å². The van der Waals surface area contributed by atoms with Crippen LogP contribution in [0.2, 0.25) is 0 Å². The predicted molar refractivity (Wildman–Crippen MR) is 83.2 cm³/mol. The molecule has 0 saturated carbocycles. The first-order chi connectivity index (χ1) is 11.0. The highest BCUT2D eigenvalue weighted by Crippen LogP contribution is 2.26. The topological polar surface area (TPSA) is 121 Å². The van der Waals surface area contributed by atoms with Crippen molar-refractivity contribution in [2.24, 2.45) is 5.73 Å². The van der Waals surface area contributed by atoms with E-state index >= 15 is 0 Å². The molecule has 8 nitrogen and oxygen atoms in total. The molecule has 8 heteroatoms. The maximum absolute atomic E-state index is 12.6. The number of carbonyl (C=O) groups is 3. The molecular weight excluding hydrogens is 298 g/mol. The summed E-state index contributed by atoms with van der Waals surface area (Å²) in [7, 11) is 0. The Balaban J connectivity index is 1.92. The van der Waals surface area contributed by atoms with Gasteiger partial charge in [-0.3, -0.25) is 19.5 Å². The van der Waals surface area contributed by atoms with E-state index in [1.807, 2.05) is 6.07 Å². The van der Waals surface area contributed by atoms with E-state index in [0.717, 1.165) is 18.5 Å². The Kier molecular flexibility index (Phi) is 5.72. The third kappa shape index (κ3) is 4.80. The lowest BCUT2D eigenvalue weighted by Crippen LogP contribution is -2.50. The molecule has 2 rings (SSSR count). The summed E-state index contributed by atoms with van der Waals surface area (Å²) in [6, 6.07) is 1.26. The summed E-state index contributed by atoms with van der Waals surface area (Å²) in [5, 5.41) is 9.54. The highest BCUT2D eigenvalue weighted by Gasteiger charge is 2.29. The van der Waals surface area contributed by atoms with E-state index in [1.165, 1.54) is 6.92 Å². The Hall–Kier alpha value is -2.38. The number of hydrogen-bond acceptors (Lipinski definition) is 4. The maximum atomic E-state index is 12.6. The van der Waals surface area contributed by atoms with Crippen molar-refractivity contribution in [2.75, 3.05) is 13.1 Å². The van der Waals surface area contributed by atoms with Gasteiger partial charge in [-0.2, -0.15) is 5.10 Å². The van der Waals surface area contributed by atoms with Gasteiger partial charge in [0.15, 0.2) is 0 Å². The van der Waals surface area contributed by atoms with Crippen molar-refractivity contribution in [2.45, 2.75) is 44.6 Å². The first-order valence-electron chi connectivity index (χ1n) is 7.81. The van der Waals surface area contributed by atoms with E-state index in [0.29, 0.717) is 19.0 Å². The van der Waals surface area contributed by atoms with Crippen LogP contribution in [0.15, 0.2) is 12.3 Å². The van der Waals surface area contributed by atoms with E-state index < -0.39 is 11.9 Å². The molecule has 0 spiro atoms. The van der Waals surface area contributed by atoms with Gasteiger partial charge >= 0.3 is 0 Å². The van der Waals surface area contributed by atoms with Crippen molar-refractivity contribution in [3.8, 4) is 0 Å². The molecule has 23 heavy (non-hydrogen) atoms. The number of piperidine rings is 1. The summed E-state index contributed by atoms with van der Waals surface area (Å²) >= 11 is 0. The minimum Gasteiger partial charge on any atom is -0.370 e. The van der Waals surface area contributed by atoms with Gasteiger partial charge in [-0.15, -0.1) is 0 Å². The zero-order valence-electron chi connectivity index (χ0n) is 13.2. The van der Waals surface area contributed by atoms with E-state index in [1.54, 1.807) is 11.1 Å². The number of aromatic amines is 1. The zero-order chi connectivity index (χ0) is 16.8. The SMILES string of the molecule is CC(=O)N[C@@H](CCC(N)=O)C(=O)N1CCC(c2ccn[nH]2)CC1. The summed E-state index contributed by atoms with van der Waals surface area (Å²) in [6.45, 7) is 2.60. The first kappa shape index (κ1) is 17.0. The summed E-state index contributed by atoms with van der Waals surface area (Å²) in [5.41, 5.74) is 6.22. The number of carbonyl (C=O) groups excluding carboxylic acids is 3. The third-order valence-corrected chi connectivity index (χ3v) is 4.12. The van der Waals surface area contributed by atoms with Crippen LogP contribution in [0, 0.1) is 0 Å². The Morgan fingerprint density at radius 1 is 1.43 bits per heavy atom. The third-order valence-electron chi connectivity index (χ3n) is 4.12. The molecule has 1 aliphatic heterocycles. The number of H-pyrrole nitrogens is 1. The zero-order valence-corrected chi connectivity index (χ0v) is 13.2. The Labute approximate surface area is 134 Å². The number of amides is 3. The second kappa shape index (κ2) is 7.75. The maximum Gasteiger partial charge on any atom is 0.245 e. The lowest BCUT2D eigenvalue weighted by atomic mass is 9.93. The predicted octanol–water partition coefficient (Wildman–Crippen LogP) is -0.114. The average molecular weight is 321 g/mol. The van der Waals surface area contributed by atoms with Gasteiger partial charge in [0.25, 0.3) is 0 Å². The van der Waals surface area contributed by atoms with E-state index in [9.17, 15) is 14.4 Å². The van der Waals surface area contributed by atoms with Crippen molar-refractivity contribution in [3.05, 3.63) is 18.0 Å². The second-order valence-electron chi connectivity index (χ2n) is 5.87. The molecule has 1 aliphatic rings. The molecule has 1 fully saturated rings. The van der Waals surface area contributed by atoms with Gasteiger partial charge in [-0.1, -0.05) is 0 Å². The lowest BCUT2D eigenvalue weighted by Gasteiger charge is -2.34. The summed E-state index contributed by atoms with van der Waals surface area (Å²) in [5.74, 6) is -0.554. The van der Waals surface area contributed by atoms with Gasteiger partial charge in [0.2, 0.25) is 17.7 Å². The fourth-order valence-corrected chi connectivity index (χ4v) is 2.91. The number of rotatable bonds is 6. The molecule has 3 amide bonds. The molecule has 0 aromatic carbocycles. The smallest absolute Gasteiger partial charge is 0.245 e. The number of aromatic nitrogens is 2. The highest BCUT2D eigenvalue weighted by atomic mass is 16.2. The number of nitrogens with two attached hydrogens (primary N) is 1. The largest absolute Gasteiger partial charge is 0.370 e. The number of primary amides is 1. The van der Waals surface area contributed by atoms with Gasteiger partial charge < -0.3 is 16.0 Å². The molecule has 1 aromatic heterocycles. The summed E-state index contributed by atoms with van der Waals surface area (Å²) < 4.78 is 0. The van der Waals surface area contributed by atoms with Gasteiger partial charge in [-0.25, -0.2) is 0 Å². The fraction of sp³-hybridized carbons (Fsp3) is 0.600. The van der Waals surface area contributed by atoms with E-state index in [4.69, 9.17) is 5.73 Å². The van der Waals surface area contributed by atoms with Gasteiger partial charge in [0, 0.05) is 44.2 Å². The fourth-order valence-electron chi connectivity index (χ4n) is 2.91. The minimum atomic E-state index is -0.691. The van der Waals surface area contributed by atoms with Crippen LogP contribution in [0.25, 0.3) is 0 Å². The molecule has 1 saturated heterocycles. The number of hydrogen-bond donors (Lipinski definition) is 3. The quantitative estimate of drug-likeness (QED) is 0.676. The van der Waals surface area contributed by atoms with Crippen LogP contribution in [0.5, 0.6) is 0 Å². The van der Waals surface area contributed by atoms with Crippen molar-refractivity contribution < 1.29 is 14.4 Å². The van der Waals surface area contributed by atoms with E-state index in [-0.39, 0.29) is 24.7 Å². The lowest BCUT2D eigenvalue weighted by molar-refractivity contribution is -0.137. The van der Waals surface area contributed by atoms with Crippen molar-refractivity contribution >= 4 is 17.7 Å². The molecule has 0 bridgehead atoms. The van der Waals surface area contributed by atoms with Crippen LogP contribution in [0.3, 0.4) is 0 Å². The molecule has 2 heterocycles. The Morgan fingerprint density at radius 3 is 2.65 bits per heavy atom. The van der Waals surface area contributed by atoms with Crippen LogP contribution < -0.4 is 11.1 Å². The standard InChI is InChI=1S/C15H23N5O3/c1-10(21)18-13(2-3-14(16)22)15(23)20-8-5-11(6-9-20)12-4-7-17-19-12/h4,7,11,13H,2-3,5-6,8-9H2,1H3,(H2,16,22)(H,17,19)(H,18,21)/t13-/m0/s1. The van der Waals surface area contributed by atoms with E-state index in [2.05, 4.69) is 15.5 Å². The average Bonchev–Trinajstić information content (AvgIpc) is 3.05. The normalized spacial score (nSPS) is 16.8. The van der Waals surface area contributed by atoms with Crippen molar-refractivity contribution in [1.82, 2.24) is 20.4 Å².